The van der Waals surface area contributed by atoms with E-state index in [2.05, 4.69) is 28.0 Å². The van der Waals surface area contributed by atoms with Gasteiger partial charge >= 0.3 is 0 Å². The standard InChI is InChI=1S/C16H25N4O4Si/c1-15(2,3)24-11-6-10(7-21)23-16(11,25(4)5)20-9-19-12-13(20)17-8-18-14(12)22/h8-11,21H,6-7H2,1-5H3,(H,17,18,22)/t10-,11+,16-/m0/s1. The Hall–Kier alpha value is -1.55. The SMILES string of the molecule is C[Si](C)[C@@]1(n2cnc3c(=O)[nH]cnc32)O[C@H](CO)C[C@H]1OC(C)(C)C. The third-order valence-electron chi connectivity index (χ3n) is 4.37. The van der Waals surface area contributed by atoms with Gasteiger partial charge in [-0.25, -0.2) is 9.97 Å². The Morgan fingerprint density at radius 2 is 2.20 bits per heavy atom. The first-order chi connectivity index (χ1) is 11.7. The minimum atomic E-state index is -1.15. The van der Waals surface area contributed by atoms with Gasteiger partial charge in [-0.1, -0.05) is 13.1 Å². The van der Waals surface area contributed by atoms with Crippen molar-refractivity contribution in [2.24, 2.45) is 0 Å². The van der Waals surface area contributed by atoms with Crippen LogP contribution in [0.15, 0.2) is 17.4 Å². The van der Waals surface area contributed by atoms with Crippen LogP contribution in [0.25, 0.3) is 11.2 Å². The Morgan fingerprint density at radius 3 is 2.80 bits per heavy atom. The van der Waals surface area contributed by atoms with Gasteiger partial charge < -0.3 is 19.6 Å². The van der Waals surface area contributed by atoms with E-state index in [0.717, 1.165) is 0 Å². The highest BCUT2D eigenvalue weighted by Gasteiger charge is 2.55. The minimum Gasteiger partial charge on any atom is -0.394 e. The number of rotatable bonds is 4. The zero-order valence-corrected chi connectivity index (χ0v) is 16.2. The smallest absolute Gasteiger partial charge is 0.278 e. The number of nitrogens with one attached hydrogen (secondary N) is 1. The Labute approximate surface area is 147 Å². The lowest BCUT2D eigenvalue weighted by molar-refractivity contribution is -0.143. The van der Waals surface area contributed by atoms with Crippen LogP contribution in [0.5, 0.6) is 0 Å². The van der Waals surface area contributed by atoms with Gasteiger partial charge in [-0.05, 0) is 20.8 Å². The van der Waals surface area contributed by atoms with Gasteiger partial charge in [-0.15, -0.1) is 0 Å². The molecule has 1 radical (unpaired) electrons. The number of aliphatic hydroxyl groups excluding tert-OH is 1. The lowest BCUT2D eigenvalue weighted by atomic mass is 10.1. The van der Waals surface area contributed by atoms with Gasteiger partial charge in [0.2, 0.25) is 0 Å². The number of ether oxygens (including phenoxy) is 2. The molecule has 8 nitrogen and oxygen atoms in total. The predicted octanol–water partition coefficient (Wildman–Crippen LogP) is 1.03. The Kier molecular flexibility index (Phi) is 4.61. The molecule has 1 fully saturated rings. The largest absolute Gasteiger partial charge is 0.394 e. The Morgan fingerprint density at radius 1 is 1.48 bits per heavy atom. The fraction of sp³-hybridized carbons (Fsp3) is 0.688. The first kappa shape index (κ1) is 18.2. The second-order valence-electron chi connectivity index (χ2n) is 7.59. The van der Waals surface area contributed by atoms with Crippen LogP contribution in [0.4, 0.5) is 0 Å². The van der Waals surface area contributed by atoms with Gasteiger partial charge in [-0.3, -0.25) is 9.36 Å². The molecule has 2 aromatic rings. The number of aromatic amines is 1. The summed E-state index contributed by atoms with van der Waals surface area (Å²) < 4.78 is 14.5. The quantitative estimate of drug-likeness (QED) is 0.785. The molecule has 0 aromatic carbocycles. The normalized spacial score (nSPS) is 27.5. The van der Waals surface area contributed by atoms with Crippen molar-refractivity contribution >= 4 is 20.0 Å². The molecule has 0 amide bonds. The molecule has 0 spiro atoms. The summed E-state index contributed by atoms with van der Waals surface area (Å²) in [6.07, 6.45) is 2.95. The van der Waals surface area contributed by atoms with Crippen molar-refractivity contribution in [1.82, 2.24) is 19.5 Å². The van der Waals surface area contributed by atoms with Gasteiger partial charge in [0.25, 0.3) is 5.56 Å². The first-order valence-electron chi connectivity index (χ1n) is 8.37. The topological polar surface area (TPSA) is 102 Å². The molecule has 0 aliphatic carbocycles. The Balaban J connectivity index is 2.19. The zero-order valence-electron chi connectivity index (χ0n) is 15.2. The van der Waals surface area contributed by atoms with Crippen LogP contribution in [0.3, 0.4) is 0 Å². The van der Waals surface area contributed by atoms with Crippen molar-refractivity contribution in [3.63, 3.8) is 0 Å². The lowest BCUT2D eigenvalue weighted by Gasteiger charge is -2.41. The third-order valence-corrected chi connectivity index (χ3v) is 6.49. The van der Waals surface area contributed by atoms with E-state index in [1.807, 2.05) is 25.3 Å². The lowest BCUT2D eigenvalue weighted by Crippen LogP contribution is -2.54. The number of aliphatic hydroxyl groups is 1. The highest BCUT2D eigenvalue weighted by atomic mass is 28.3. The van der Waals surface area contributed by atoms with Crippen molar-refractivity contribution in [2.45, 2.75) is 63.4 Å². The van der Waals surface area contributed by atoms with Gasteiger partial charge in [0, 0.05) is 6.42 Å². The zero-order chi connectivity index (χ0) is 18.4. The van der Waals surface area contributed by atoms with E-state index in [0.29, 0.717) is 12.1 Å². The summed E-state index contributed by atoms with van der Waals surface area (Å²) in [7, 11) is -1.15. The number of hydrogen-bond acceptors (Lipinski definition) is 6. The molecule has 25 heavy (non-hydrogen) atoms. The fourth-order valence-corrected chi connectivity index (χ4v) is 5.29. The number of fused-ring (bicyclic) bond motifs is 1. The molecule has 3 rings (SSSR count). The van der Waals surface area contributed by atoms with Crippen LogP contribution in [0, 0.1) is 0 Å². The average molecular weight is 365 g/mol. The maximum atomic E-state index is 12.0. The molecule has 3 atom stereocenters. The van der Waals surface area contributed by atoms with Crippen molar-refractivity contribution in [3.05, 3.63) is 23.0 Å². The van der Waals surface area contributed by atoms with E-state index in [-0.39, 0.29) is 35.5 Å². The first-order valence-corrected chi connectivity index (χ1v) is 10.9. The van der Waals surface area contributed by atoms with Crippen molar-refractivity contribution in [2.75, 3.05) is 6.61 Å². The number of H-pyrrole nitrogens is 1. The van der Waals surface area contributed by atoms with Crippen molar-refractivity contribution in [1.29, 1.82) is 0 Å². The summed E-state index contributed by atoms with van der Waals surface area (Å²) in [5.74, 6) is 0. The molecule has 0 unspecified atom stereocenters. The third kappa shape index (κ3) is 3.05. The molecule has 0 bridgehead atoms. The average Bonchev–Trinajstić information content (AvgIpc) is 3.08. The highest BCUT2D eigenvalue weighted by Crippen LogP contribution is 2.42. The fourth-order valence-electron chi connectivity index (χ4n) is 3.42. The molecule has 2 aromatic heterocycles. The summed E-state index contributed by atoms with van der Waals surface area (Å²) in [5.41, 5.74) is 0.0824. The van der Waals surface area contributed by atoms with Gasteiger partial charge in [0.05, 0.1) is 31.0 Å². The molecular formula is C16H25N4O4Si. The summed E-state index contributed by atoms with van der Waals surface area (Å²) in [6.45, 7) is 10.2. The van der Waals surface area contributed by atoms with E-state index in [1.165, 1.54) is 6.33 Å². The second-order valence-corrected chi connectivity index (χ2v) is 10.3. The number of aromatic nitrogens is 4. The molecule has 1 aliphatic rings. The summed E-state index contributed by atoms with van der Waals surface area (Å²) in [5, 5.41) is 8.88. The molecular weight excluding hydrogens is 340 g/mol. The van der Waals surface area contributed by atoms with Crippen LogP contribution < -0.4 is 5.56 Å². The molecule has 9 heteroatoms. The Bertz CT molecular complexity index is 812. The van der Waals surface area contributed by atoms with Gasteiger partial charge in [-0.2, -0.15) is 0 Å². The van der Waals surface area contributed by atoms with Crippen LogP contribution in [-0.2, 0) is 14.8 Å². The summed E-state index contributed by atoms with van der Waals surface area (Å²) in [4.78, 5) is 23.1. The molecule has 0 saturated carbocycles. The maximum absolute atomic E-state index is 12.0. The molecule has 137 valence electrons. The van der Waals surface area contributed by atoms with Crippen molar-refractivity contribution < 1.29 is 14.6 Å². The van der Waals surface area contributed by atoms with Crippen LogP contribution in [-0.4, -0.2) is 57.8 Å². The van der Waals surface area contributed by atoms with E-state index >= 15 is 0 Å². The van der Waals surface area contributed by atoms with Gasteiger partial charge in [0.15, 0.2) is 16.5 Å². The predicted molar refractivity (Wildman–Crippen MR) is 94.8 cm³/mol. The molecule has 3 heterocycles. The molecule has 1 aliphatic heterocycles. The van der Waals surface area contributed by atoms with Crippen LogP contribution >= 0.6 is 0 Å². The monoisotopic (exact) mass is 365 g/mol. The maximum Gasteiger partial charge on any atom is 0.278 e. The van der Waals surface area contributed by atoms with E-state index in [4.69, 9.17) is 9.47 Å². The van der Waals surface area contributed by atoms with E-state index in [1.54, 1.807) is 6.33 Å². The molecule has 1 saturated heterocycles. The summed E-state index contributed by atoms with van der Waals surface area (Å²) >= 11 is 0. The summed E-state index contributed by atoms with van der Waals surface area (Å²) in [6, 6.07) is 0. The second kappa shape index (κ2) is 6.31. The minimum absolute atomic E-state index is 0.0818. The van der Waals surface area contributed by atoms with E-state index in [9.17, 15) is 9.90 Å². The van der Waals surface area contributed by atoms with E-state index < -0.39 is 14.1 Å². The highest BCUT2D eigenvalue weighted by molar-refractivity contribution is 6.58. The molecule has 2 N–H and O–H groups in total. The van der Waals surface area contributed by atoms with Gasteiger partial charge in [0.1, 0.15) is 14.9 Å². The van der Waals surface area contributed by atoms with Crippen LogP contribution in [0.2, 0.25) is 13.1 Å². The number of hydrogen-bond donors (Lipinski definition) is 2. The number of nitrogens with zero attached hydrogens (tertiary/aromatic N) is 3. The van der Waals surface area contributed by atoms with Crippen molar-refractivity contribution in [3.8, 4) is 0 Å². The number of imidazole rings is 1. The van der Waals surface area contributed by atoms with Crippen LogP contribution in [0.1, 0.15) is 27.2 Å².